The number of amides is 5. The van der Waals surface area contributed by atoms with Gasteiger partial charge in [-0.1, -0.05) is 0 Å². The van der Waals surface area contributed by atoms with Gasteiger partial charge in [0.25, 0.3) is 5.91 Å². The van der Waals surface area contributed by atoms with Gasteiger partial charge in [0.2, 0.25) is 5.91 Å². The summed E-state index contributed by atoms with van der Waals surface area (Å²) in [5.74, 6) is -1.67. The molecule has 0 aromatic heterocycles. The normalized spacial score (nSPS) is 25.7. The number of likely N-dealkylation sites (tertiary alicyclic amines) is 1. The molecule has 3 atom stereocenters. The van der Waals surface area contributed by atoms with Crippen LogP contribution in [0.5, 0.6) is 0 Å². The monoisotopic (exact) mass is 477 g/mol. The molecule has 3 saturated heterocycles. The number of piperidine rings is 1. The third-order valence-electron chi connectivity index (χ3n) is 5.32. The molecule has 3 heterocycles. The van der Waals surface area contributed by atoms with Crippen LogP contribution < -0.4 is 10.9 Å². The van der Waals surface area contributed by atoms with Crippen molar-refractivity contribution in [3.63, 3.8) is 0 Å². The first-order chi connectivity index (χ1) is 14.7. The molecule has 3 N–H and O–H groups in total. The van der Waals surface area contributed by atoms with Gasteiger partial charge in [0.15, 0.2) is 0 Å². The number of nitrogens with zero attached hydrogens (tertiary/aromatic N) is 3. The number of fused-ring (bicyclic) bond motifs is 2. The highest BCUT2D eigenvalue weighted by atomic mass is 32.3. The minimum absolute atomic E-state index is 0.0356. The lowest BCUT2D eigenvalue weighted by atomic mass is 10.0. The maximum Gasteiger partial charge on any atom is 0.418 e. The van der Waals surface area contributed by atoms with Crippen LogP contribution in [0.25, 0.3) is 0 Å². The van der Waals surface area contributed by atoms with E-state index < -0.39 is 57.9 Å². The number of hydrazine groups is 1. The van der Waals surface area contributed by atoms with E-state index in [0.717, 1.165) is 4.90 Å². The molecule has 3 rings (SSSR count). The van der Waals surface area contributed by atoms with Gasteiger partial charge in [0.05, 0.1) is 12.0 Å². The largest absolute Gasteiger partial charge is 0.444 e. The van der Waals surface area contributed by atoms with Gasteiger partial charge in [-0.3, -0.25) is 25.0 Å². The second kappa shape index (κ2) is 8.71. The molecule has 2 bridgehead atoms. The zero-order valence-electron chi connectivity index (χ0n) is 17.9. The molecule has 180 valence electrons. The predicted octanol–water partition coefficient (Wildman–Crippen LogP) is -0.606. The van der Waals surface area contributed by atoms with Gasteiger partial charge in [-0.15, -0.1) is 4.28 Å². The topological polar surface area (TPSA) is 175 Å². The molecule has 0 saturated carbocycles. The van der Waals surface area contributed by atoms with Crippen molar-refractivity contribution in [2.75, 3.05) is 19.6 Å². The van der Waals surface area contributed by atoms with E-state index in [1.54, 1.807) is 20.8 Å². The van der Waals surface area contributed by atoms with E-state index in [9.17, 15) is 27.6 Å². The van der Waals surface area contributed by atoms with Crippen LogP contribution in [0.3, 0.4) is 0 Å². The Morgan fingerprint density at radius 2 is 1.72 bits per heavy atom. The fraction of sp³-hybridized carbons (Fsp3) is 0.765. The first kappa shape index (κ1) is 24.0. The smallest absolute Gasteiger partial charge is 0.418 e. The third-order valence-corrected chi connectivity index (χ3v) is 5.67. The SMILES string of the molecule is CC(C)(C)OC(=O)N1CCC(C(=O)NNC(=O)C2CC[C@H]3CN2C(=O)N3OS(=O)(=O)O)C1. The second-order valence-electron chi connectivity index (χ2n) is 8.90. The molecule has 0 aliphatic carbocycles. The molecule has 3 fully saturated rings. The maximum atomic E-state index is 12.5. The Kier molecular flexibility index (Phi) is 6.53. The molecular formula is C17H27N5O9S. The van der Waals surface area contributed by atoms with Crippen molar-refractivity contribution in [3.8, 4) is 0 Å². The number of nitrogens with one attached hydrogen (secondary N) is 2. The maximum absolute atomic E-state index is 12.5. The molecule has 14 nitrogen and oxygen atoms in total. The number of rotatable bonds is 4. The van der Waals surface area contributed by atoms with Crippen molar-refractivity contribution in [1.82, 2.24) is 25.7 Å². The first-order valence-corrected chi connectivity index (χ1v) is 11.5. The molecule has 0 spiro atoms. The van der Waals surface area contributed by atoms with Crippen molar-refractivity contribution in [1.29, 1.82) is 0 Å². The van der Waals surface area contributed by atoms with Crippen LogP contribution in [0.2, 0.25) is 0 Å². The quantitative estimate of drug-likeness (QED) is 0.352. The average molecular weight is 477 g/mol. The highest BCUT2D eigenvalue weighted by Crippen LogP contribution is 2.30. The summed E-state index contributed by atoms with van der Waals surface area (Å²) >= 11 is 0. The summed E-state index contributed by atoms with van der Waals surface area (Å²) in [6.07, 6.45) is 0.354. The van der Waals surface area contributed by atoms with Gasteiger partial charge in [-0.2, -0.15) is 13.5 Å². The van der Waals surface area contributed by atoms with Crippen LogP contribution in [0.4, 0.5) is 9.59 Å². The second-order valence-corrected chi connectivity index (χ2v) is 9.90. The number of hydroxylamine groups is 2. The number of urea groups is 1. The van der Waals surface area contributed by atoms with Crippen LogP contribution in [-0.2, 0) is 29.0 Å². The standard InChI is InChI=1S/C17H27N5O9S/c1-17(2,3)30-16(26)20-7-6-10(8-20)13(23)18-19-14(24)12-5-4-11-9-21(12)15(25)22(11)31-32(27,28)29/h10-12H,4-9H2,1-3H3,(H,18,23)(H,19,24)(H,27,28,29)/t10?,11-,12?/m0/s1. The van der Waals surface area contributed by atoms with Crippen molar-refractivity contribution < 1.29 is 41.2 Å². The van der Waals surface area contributed by atoms with Gasteiger partial charge >= 0.3 is 22.5 Å². The van der Waals surface area contributed by atoms with E-state index in [4.69, 9.17) is 9.29 Å². The van der Waals surface area contributed by atoms with Crippen molar-refractivity contribution in [3.05, 3.63) is 0 Å². The minimum atomic E-state index is -4.88. The molecule has 15 heteroatoms. The molecule has 3 aliphatic heterocycles. The van der Waals surface area contributed by atoms with E-state index >= 15 is 0 Å². The highest BCUT2D eigenvalue weighted by Gasteiger charge is 2.49. The minimum Gasteiger partial charge on any atom is -0.444 e. The summed E-state index contributed by atoms with van der Waals surface area (Å²) in [5.41, 5.74) is 3.95. The average Bonchev–Trinajstić information content (AvgIpc) is 3.24. The molecule has 2 unspecified atom stereocenters. The molecule has 0 aromatic carbocycles. The fourth-order valence-corrected chi connectivity index (χ4v) is 4.27. The summed E-state index contributed by atoms with van der Waals surface area (Å²) in [7, 11) is -4.88. The lowest BCUT2D eigenvalue weighted by molar-refractivity contribution is -0.133. The van der Waals surface area contributed by atoms with Crippen molar-refractivity contribution in [2.45, 2.75) is 57.7 Å². The van der Waals surface area contributed by atoms with E-state index in [1.165, 1.54) is 4.90 Å². The van der Waals surface area contributed by atoms with Gasteiger partial charge in [-0.25, -0.2) is 9.59 Å². The predicted molar refractivity (Wildman–Crippen MR) is 106 cm³/mol. The fourth-order valence-electron chi connectivity index (χ4n) is 3.88. The molecule has 3 aliphatic rings. The Morgan fingerprint density at radius 1 is 1.06 bits per heavy atom. The van der Waals surface area contributed by atoms with Gasteiger partial charge in [-0.05, 0) is 40.0 Å². The van der Waals surface area contributed by atoms with Crippen LogP contribution >= 0.6 is 0 Å². The Labute approximate surface area is 185 Å². The Bertz CT molecular complexity index is 903. The highest BCUT2D eigenvalue weighted by molar-refractivity contribution is 7.80. The number of ether oxygens (including phenoxy) is 1. The number of hydrogen-bond acceptors (Lipinski definition) is 8. The zero-order chi connectivity index (χ0) is 23.8. The summed E-state index contributed by atoms with van der Waals surface area (Å²) in [5, 5.41) is 0.533. The van der Waals surface area contributed by atoms with E-state index in [-0.39, 0.29) is 25.9 Å². The van der Waals surface area contributed by atoms with Gasteiger partial charge < -0.3 is 14.5 Å². The molecule has 0 radical (unpaired) electrons. The van der Waals surface area contributed by atoms with E-state index in [1.807, 2.05) is 0 Å². The van der Waals surface area contributed by atoms with Crippen molar-refractivity contribution in [2.24, 2.45) is 5.92 Å². The van der Waals surface area contributed by atoms with Crippen molar-refractivity contribution >= 4 is 34.3 Å². The molecule has 32 heavy (non-hydrogen) atoms. The van der Waals surface area contributed by atoms with Gasteiger partial charge in [0, 0.05) is 19.6 Å². The van der Waals surface area contributed by atoms with Gasteiger partial charge in [0.1, 0.15) is 11.6 Å². The Hall–Kier alpha value is -2.65. The van der Waals surface area contributed by atoms with E-state index in [0.29, 0.717) is 18.0 Å². The zero-order valence-corrected chi connectivity index (χ0v) is 18.8. The number of hydrogen-bond donors (Lipinski definition) is 3. The molecule has 5 amide bonds. The number of carbonyl (C=O) groups is 4. The summed E-state index contributed by atoms with van der Waals surface area (Å²) in [6, 6.07) is -2.45. The summed E-state index contributed by atoms with van der Waals surface area (Å²) in [4.78, 5) is 52.0. The van der Waals surface area contributed by atoms with Crippen LogP contribution in [0.15, 0.2) is 0 Å². The lowest BCUT2D eigenvalue weighted by Crippen LogP contribution is -2.55. The lowest BCUT2D eigenvalue weighted by Gasteiger charge is -2.29. The van der Waals surface area contributed by atoms with Crippen LogP contribution in [-0.4, -0.2) is 89.1 Å². The van der Waals surface area contributed by atoms with E-state index in [2.05, 4.69) is 15.1 Å². The van der Waals surface area contributed by atoms with Crippen LogP contribution in [0, 0.1) is 5.92 Å². The van der Waals surface area contributed by atoms with Crippen LogP contribution in [0.1, 0.15) is 40.0 Å². The summed E-state index contributed by atoms with van der Waals surface area (Å²) in [6.45, 7) is 5.76. The molecular weight excluding hydrogens is 450 g/mol. The Balaban J connectivity index is 1.49. The third kappa shape index (κ3) is 5.58. The Morgan fingerprint density at radius 3 is 2.34 bits per heavy atom. The number of carbonyl (C=O) groups excluding carboxylic acids is 4. The summed E-state index contributed by atoms with van der Waals surface area (Å²) < 4.78 is 40.3. The molecule has 0 aromatic rings. The first-order valence-electron chi connectivity index (χ1n) is 10.1.